The van der Waals surface area contributed by atoms with Crippen LogP contribution in [0.4, 0.5) is 0 Å². The molecule has 2 rings (SSSR count). The van der Waals surface area contributed by atoms with E-state index in [0.717, 1.165) is 5.56 Å². The van der Waals surface area contributed by atoms with Crippen molar-refractivity contribution in [3.8, 4) is 0 Å². The van der Waals surface area contributed by atoms with Gasteiger partial charge in [0, 0.05) is 12.5 Å². The number of benzene rings is 1. The van der Waals surface area contributed by atoms with Crippen molar-refractivity contribution in [1.82, 2.24) is 15.5 Å². The van der Waals surface area contributed by atoms with Crippen LogP contribution in [0.1, 0.15) is 26.5 Å². The minimum Gasteiger partial charge on any atom is -0.480 e. The van der Waals surface area contributed by atoms with E-state index in [4.69, 9.17) is 5.73 Å². The van der Waals surface area contributed by atoms with Gasteiger partial charge in [-0.3, -0.25) is 14.7 Å². The third-order valence-electron chi connectivity index (χ3n) is 2.96. The standard InChI is InChI=1S/C14H14N4O4/c15-12(19)9-7-10(18-17-9)13(20)16-11(14(21)22)6-8-4-2-1-3-5-8/h1-5,7,11H,6H2,(H2,15,19)(H,16,20)(H,17,18)(H,21,22)/t11-/m1/s1. The van der Waals surface area contributed by atoms with Gasteiger partial charge < -0.3 is 16.2 Å². The number of amides is 2. The lowest BCUT2D eigenvalue weighted by Crippen LogP contribution is -2.42. The van der Waals surface area contributed by atoms with Crippen molar-refractivity contribution >= 4 is 17.8 Å². The predicted molar refractivity (Wildman–Crippen MR) is 76.1 cm³/mol. The van der Waals surface area contributed by atoms with Gasteiger partial charge in [-0.05, 0) is 5.56 Å². The topological polar surface area (TPSA) is 138 Å². The van der Waals surface area contributed by atoms with E-state index in [-0.39, 0.29) is 17.8 Å². The van der Waals surface area contributed by atoms with Crippen molar-refractivity contribution in [3.63, 3.8) is 0 Å². The van der Waals surface area contributed by atoms with E-state index in [1.165, 1.54) is 6.07 Å². The number of aliphatic carboxylic acids is 1. The number of carbonyl (C=O) groups is 3. The van der Waals surface area contributed by atoms with Gasteiger partial charge >= 0.3 is 5.97 Å². The molecule has 8 heteroatoms. The molecule has 5 N–H and O–H groups in total. The monoisotopic (exact) mass is 302 g/mol. The van der Waals surface area contributed by atoms with E-state index in [9.17, 15) is 19.5 Å². The Morgan fingerprint density at radius 3 is 2.50 bits per heavy atom. The summed E-state index contributed by atoms with van der Waals surface area (Å²) in [5, 5.41) is 17.5. The van der Waals surface area contributed by atoms with Crippen LogP contribution in [-0.4, -0.2) is 39.1 Å². The molecule has 0 saturated heterocycles. The van der Waals surface area contributed by atoms with Gasteiger partial charge in [-0.2, -0.15) is 5.10 Å². The number of carbonyl (C=O) groups excluding carboxylic acids is 2. The molecular formula is C14H14N4O4. The zero-order chi connectivity index (χ0) is 16.1. The summed E-state index contributed by atoms with van der Waals surface area (Å²) >= 11 is 0. The maximum Gasteiger partial charge on any atom is 0.326 e. The second-order valence-electron chi connectivity index (χ2n) is 4.59. The molecule has 2 aromatic rings. The van der Waals surface area contributed by atoms with Crippen molar-refractivity contribution in [2.24, 2.45) is 5.73 Å². The molecule has 114 valence electrons. The number of carboxylic acids is 1. The Balaban J connectivity index is 2.08. The molecule has 0 aliphatic rings. The van der Waals surface area contributed by atoms with E-state index in [0.29, 0.717) is 0 Å². The predicted octanol–water partition coefficient (Wildman–Crippen LogP) is -0.0657. The van der Waals surface area contributed by atoms with E-state index in [2.05, 4.69) is 15.5 Å². The van der Waals surface area contributed by atoms with Crippen LogP contribution in [0.15, 0.2) is 36.4 Å². The second-order valence-corrected chi connectivity index (χ2v) is 4.59. The number of H-pyrrole nitrogens is 1. The SMILES string of the molecule is NC(=O)c1cc(C(=O)N[C@H](Cc2ccccc2)C(=O)O)[nH]n1. The molecule has 0 bridgehead atoms. The molecule has 22 heavy (non-hydrogen) atoms. The summed E-state index contributed by atoms with van der Waals surface area (Å²) in [7, 11) is 0. The average molecular weight is 302 g/mol. The molecule has 0 saturated carbocycles. The molecule has 0 radical (unpaired) electrons. The number of nitrogens with two attached hydrogens (primary N) is 1. The van der Waals surface area contributed by atoms with Crippen molar-refractivity contribution in [2.45, 2.75) is 12.5 Å². The Kier molecular flexibility index (Phi) is 4.52. The summed E-state index contributed by atoms with van der Waals surface area (Å²) in [5.74, 6) is -2.62. The number of primary amides is 1. The minimum atomic E-state index is -1.16. The van der Waals surface area contributed by atoms with Crippen LogP contribution < -0.4 is 11.1 Å². The van der Waals surface area contributed by atoms with Crippen molar-refractivity contribution in [2.75, 3.05) is 0 Å². The third-order valence-corrected chi connectivity index (χ3v) is 2.96. The largest absolute Gasteiger partial charge is 0.480 e. The molecule has 8 nitrogen and oxygen atoms in total. The lowest BCUT2D eigenvalue weighted by molar-refractivity contribution is -0.139. The maximum atomic E-state index is 12.0. The summed E-state index contributed by atoms with van der Waals surface area (Å²) in [6.07, 6.45) is 0.138. The summed E-state index contributed by atoms with van der Waals surface area (Å²) in [5.41, 5.74) is 5.68. The van der Waals surface area contributed by atoms with Crippen LogP contribution in [0, 0.1) is 0 Å². The molecule has 1 aromatic carbocycles. The normalized spacial score (nSPS) is 11.6. The quantitative estimate of drug-likeness (QED) is 0.592. The van der Waals surface area contributed by atoms with Gasteiger partial charge in [-0.15, -0.1) is 0 Å². The van der Waals surface area contributed by atoms with Crippen LogP contribution in [0.5, 0.6) is 0 Å². The van der Waals surface area contributed by atoms with Gasteiger partial charge in [0.2, 0.25) is 0 Å². The van der Waals surface area contributed by atoms with Gasteiger partial charge in [-0.1, -0.05) is 30.3 Å². The number of carboxylic acid groups (broad SMARTS) is 1. The van der Waals surface area contributed by atoms with Crippen LogP contribution in [0.2, 0.25) is 0 Å². The third kappa shape index (κ3) is 3.69. The zero-order valence-electron chi connectivity index (χ0n) is 11.4. The van der Waals surface area contributed by atoms with Crippen LogP contribution >= 0.6 is 0 Å². The van der Waals surface area contributed by atoms with Gasteiger partial charge in [0.05, 0.1) is 0 Å². The number of hydrogen-bond acceptors (Lipinski definition) is 4. The van der Waals surface area contributed by atoms with Crippen LogP contribution in [0.3, 0.4) is 0 Å². The van der Waals surface area contributed by atoms with Gasteiger partial charge in [0.1, 0.15) is 11.7 Å². The maximum absolute atomic E-state index is 12.0. The highest BCUT2D eigenvalue weighted by Crippen LogP contribution is 2.05. The van der Waals surface area contributed by atoms with Gasteiger partial charge in [0.15, 0.2) is 5.69 Å². The fourth-order valence-corrected chi connectivity index (χ4v) is 1.85. The average Bonchev–Trinajstić information content (AvgIpc) is 2.97. The number of nitrogens with zero attached hydrogens (tertiary/aromatic N) is 1. The van der Waals surface area contributed by atoms with E-state index < -0.39 is 23.8 Å². The molecule has 1 aromatic heterocycles. The first-order chi connectivity index (χ1) is 10.5. The lowest BCUT2D eigenvalue weighted by Gasteiger charge is -2.13. The molecule has 0 fully saturated rings. The Hall–Kier alpha value is -3.16. The fraction of sp³-hybridized carbons (Fsp3) is 0.143. The number of aromatic amines is 1. The summed E-state index contributed by atoms with van der Waals surface area (Å²) < 4.78 is 0. The first kappa shape index (κ1) is 15.2. The van der Waals surface area contributed by atoms with Crippen LogP contribution in [0.25, 0.3) is 0 Å². The van der Waals surface area contributed by atoms with Gasteiger partial charge in [0.25, 0.3) is 11.8 Å². The first-order valence-electron chi connectivity index (χ1n) is 6.40. The molecule has 0 aliphatic carbocycles. The Morgan fingerprint density at radius 2 is 1.95 bits per heavy atom. The van der Waals surface area contributed by atoms with Gasteiger partial charge in [-0.25, -0.2) is 4.79 Å². The molecular weight excluding hydrogens is 288 g/mol. The fourth-order valence-electron chi connectivity index (χ4n) is 1.85. The number of hydrogen-bond donors (Lipinski definition) is 4. The van der Waals surface area contributed by atoms with E-state index in [1.54, 1.807) is 24.3 Å². The smallest absolute Gasteiger partial charge is 0.326 e. The number of aromatic nitrogens is 2. The highest BCUT2D eigenvalue weighted by Gasteiger charge is 2.22. The van der Waals surface area contributed by atoms with Crippen LogP contribution in [-0.2, 0) is 11.2 Å². The summed E-state index contributed by atoms with van der Waals surface area (Å²) in [4.78, 5) is 34.2. The molecule has 0 spiro atoms. The molecule has 1 heterocycles. The highest BCUT2D eigenvalue weighted by molar-refractivity contribution is 5.98. The molecule has 1 atom stereocenters. The van der Waals surface area contributed by atoms with Crippen molar-refractivity contribution < 1.29 is 19.5 Å². The molecule has 0 unspecified atom stereocenters. The Labute approximate surface area is 125 Å². The van der Waals surface area contributed by atoms with Crippen molar-refractivity contribution in [3.05, 3.63) is 53.3 Å². The van der Waals surface area contributed by atoms with E-state index in [1.807, 2.05) is 6.07 Å². The van der Waals surface area contributed by atoms with Crippen molar-refractivity contribution in [1.29, 1.82) is 0 Å². The van der Waals surface area contributed by atoms with E-state index >= 15 is 0 Å². The summed E-state index contributed by atoms with van der Waals surface area (Å²) in [6, 6.07) is 8.98. The second kappa shape index (κ2) is 6.53. The minimum absolute atomic E-state index is 0.0342. The highest BCUT2D eigenvalue weighted by atomic mass is 16.4. The molecule has 2 amide bonds. The Bertz CT molecular complexity index is 696. The summed E-state index contributed by atoms with van der Waals surface area (Å²) in [6.45, 7) is 0. The number of rotatable bonds is 6. The lowest BCUT2D eigenvalue weighted by atomic mass is 10.1. The number of nitrogens with one attached hydrogen (secondary N) is 2. The first-order valence-corrected chi connectivity index (χ1v) is 6.40. The Morgan fingerprint density at radius 1 is 1.27 bits per heavy atom. The molecule has 0 aliphatic heterocycles. The zero-order valence-corrected chi connectivity index (χ0v) is 11.4.